The molecule has 1 saturated heterocycles. The molecule has 8 atom stereocenters. The van der Waals surface area contributed by atoms with Crippen LogP contribution in [0.15, 0.2) is 0 Å². The summed E-state index contributed by atoms with van der Waals surface area (Å²) in [6.45, 7) is 11.0. The quantitative estimate of drug-likeness (QED) is 0.578. The molecule has 3 aliphatic carbocycles. The van der Waals surface area contributed by atoms with Crippen LogP contribution in [0.5, 0.6) is 0 Å². The molecule has 0 bridgehead atoms. The summed E-state index contributed by atoms with van der Waals surface area (Å²) in [5, 5.41) is 6.58. The van der Waals surface area contributed by atoms with Gasteiger partial charge in [-0.15, -0.1) is 0 Å². The Hall–Kier alpha value is -0.580. The number of piperidine rings is 1. The second-order valence-electron chi connectivity index (χ2n) is 11.6. The van der Waals surface area contributed by atoms with Crippen molar-refractivity contribution in [1.29, 1.82) is 0 Å². The molecule has 0 aromatic carbocycles. The van der Waals surface area contributed by atoms with Crippen molar-refractivity contribution in [3.63, 3.8) is 0 Å². The second-order valence-corrected chi connectivity index (χ2v) is 12.7. The third-order valence-corrected chi connectivity index (χ3v) is 9.64. The van der Waals surface area contributed by atoms with E-state index in [2.05, 4.69) is 61.2 Å². The predicted octanol–water partition coefficient (Wildman–Crippen LogP) is 4.41. The largest absolute Gasteiger partial charge is 0.352 e. The zero-order valence-corrected chi connectivity index (χ0v) is 19.7. The Balaban J connectivity index is 1.56. The van der Waals surface area contributed by atoms with E-state index >= 15 is 0 Å². The number of nitrogens with one attached hydrogen (secondary N) is 2. The van der Waals surface area contributed by atoms with Gasteiger partial charge in [-0.2, -0.15) is 0 Å². The van der Waals surface area contributed by atoms with E-state index in [0.717, 1.165) is 25.7 Å². The van der Waals surface area contributed by atoms with Crippen molar-refractivity contribution in [2.24, 2.45) is 34.5 Å². The van der Waals surface area contributed by atoms with E-state index in [1.807, 2.05) is 0 Å². The highest BCUT2D eigenvalue weighted by molar-refractivity contribution is 9.10. The summed E-state index contributed by atoms with van der Waals surface area (Å²) in [5.74, 6) is 2.59. The number of carbonyl (C=O) groups is 2. The van der Waals surface area contributed by atoms with E-state index in [-0.39, 0.29) is 38.9 Å². The van der Waals surface area contributed by atoms with Crippen LogP contribution in [0.1, 0.15) is 79.6 Å². The molecule has 2 amide bonds. The molecule has 0 aromatic rings. The van der Waals surface area contributed by atoms with Crippen molar-refractivity contribution in [2.75, 3.05) is 0 Å². The van der Waals surface area contributed by atoms with E-state index < -0.39 is 0 Å². The Morgan fingerprint density at radius 2 is 1.75 bits per heavy atom. The first-order valence-electron chi connectivity index (χ1n) is 11.2. The first-order chi connectivity index (χ1) is 13.0. The van der Waals surface area contributed by atoms with Gasteiger partial charge in [0.05, 0.1) is 4.83 Å². The van der Waals surface area contributed by atoms with Crippen LogP contribution in [0.3, 0.4) is 0 Å². The lowest BCUT2D eigenvalue weighted by Gasteiger charge is -2.60. The summed E-state index contributed by atoms with van der Waals surface area (Å²) in [6.07, 6.45) is 7.79. The predicted molar refractivity (Wildman–Crippen MR) is 115 cm³/mol. The smallest absolute Gasteiger partial charge is 0.234 e. The Bertz CT molecular complexity index is 674. The molecule has 0 radical (unpaired) electrons. The van der Waals surface area contributed by atoms with E-state index in [9.17, 15) is 9.59 Å². The van der Waals surface area contributed by atoms with Gasteiger partial charge >= 0.3 is 0 Å². The summed E-state index contributed by atoms with van der Waals surface area (Å²) in [4.78, 5) is 25.2. The van der Waals surface area contributed by atoms with Crippen LogP contribution in [0.2, 0.25) is 0 Å². The zero-order valence-electron chi connectivity index (χ0n) is 18.1. The summed E-state index contributed by atoms with van der Waals surface area (Å²) < 4.78 is 0. The molecule has 1 aliphatic heterocycles. The highest BCUT2D eigenvalue weighted by Gasteiger charge is 2.62. The van der Waals surface area contributed by atoms with Crippen LogP contribution in [-0.4, -0.2) is 28.2 Å². The maximum atomic E-state index is 13.1. The van der Waals surface area contributed by atoms with Gasteiger partial charge in [0, 0.05) is 17.5 Å². The van der Waals surface area contributed by atoms with Gasteiger partial charge in [-0.3, -0.25) is 9.59 Å². The minimum absolute atomic E-state index is 0.0605. The molecule has 0 unspecified atom stereocenters. The van der Waals surface area contributed by atoms with Crippen molar-refractivity contribution in [3.8, 4) is 0 Å². The SMILES string of the molecule is CC(C)(C)NC(=O)[C@H]1CC[C@H]2[C@@H]3CC[C@H]4NC(=O)[C@H](Br)C[C@]4(C)[C@H]3CC[C@]12C. The number of carbonyl (C=O) groups excluding carboxylic acids is 2. The molecule has 28 heavy (non-hydrogen) atoms. The van der Waals surface area contributed by atoms with E-state index in [4.69, 9.17) is 0 Å². The molecular formula is C23H37BrN2O2. The summed E-state index contributed by atoms with van der Waals surface area (Å²) in [5.41, 5.74) is 0.142. The van der Waals surface area contributed by atoms with Gasteiger partial charge in [0.2, 0.25) is 11.8 Å². The van der Waals surface area contributed by atoms with Crippen LogP contribution in [0, 0.1) is 34.5 Å². The number of halogens is 1. The van der Waals surface area contributed by atoms with Crippen molar-refractivity contribution >= 4 is 27.7 Å². The second kappa shape index (κ2) is 6.72. The summed E-state index contributed by atoms with van der Waals surface area (Å²) in [7, 11) is 0. The monoisotopic (exact) mass is 452 g/mol. The van der Waals surface area contributed by atoms with Crippen LogP contribution in [0.4, 0.5) is 0 Å². The fourth-order valence-electron chi connectivity index (χ4n) is 7.62. The topological polar surface area (TPSA) is 58.2 Å². The van der Waals surface area contributed by atoms with Gasteiger partial charge in [0.1, 0.15) is 0 Å². The fourth-order valence-corrected chi connectivity index (χ4v) is 8.44. The molecule has 3 saturated carbocycles. The molecule has 2 N–H and O–H groups in total. The van der Waals surface area contributed by atoms with Gasteiger partial charge in [0.25, 0.3) is 0 Å². The molecular weight excluding hydrogens is 416 g/mol. The van der Waals surface area contributed by atoms with Gasteiger partial charge in [0.15, 0.2) is 0 Å². The summed E-state index contributed by atoms with van der Waals surface area (Å²) in [6, 6.07) is 0.320. The van der Waals surface area contributed by atoms with Gasteiger partial charge in [-0.05, 0) is 94.3 Å². The fraction of sp³-hybridized carbons (Fsp3) is 0.913. The number of alkyl halides is 1. The van der Waals surface area contributed by atoms with Crippen LogP contribution in [0.25, 0.3) is 0 Å². The Kier molecular flexibility index (Phi) is 4.96. The lowest BCUT2D eigenvalue weighted by molar-refractivity contribution is -0.141. The molecule has 4 rings (SSSR count). The minimum atomic E-state index is -0.167. The minimum Gasteiger partial charge on any atom is -0.352 e. The average Bonchev–Trinajstić information content (AvgIpc) is 2.92. The van der Waals surface area contributed by atoms with Gasteiger partial charge in [-0.25, -0.2) is 0 Å². The van der Waals surface area contributed by atoms with Crippen LogP contribution >= 0.6 is 15.9 Å². The third-order valence-electron chi connectivity index (χ3n) is 8.90. The first-order valence-corrected chi connectivity index (χ1v) is 12.1. The number of hydrogen-bond acceptors (Lipinski definition) is 2. The highest BCUT2D eigenvalue weighted by Crippen LogP contribution is 2.65. The Morgan fingerprint density at radius 3 is 2.43 bits per heavy atom. The van der Waals surface area contributed by atoms with Crippen molar-refractivity contribution in [2.45, 2.75) is 96.0 Å². The lowest BCUT2D eigenvalue weighted by Crippen LogP contribution is -2.63. The molecule has 0 spiro atoms. The third kappa shape index (κ3) is 3.15. The van der Waals surface area contributed by atoms with E-state index in [0.29, 0.717) is 23.8 Å². The molecule has 158 valence electrons. The molecule has 4 fully saturated rings. The number of hydrogen-bond donors (Lipinski definition) is 2. The van der Waals surface area contributed by atoms with Crippen molar-refractivity contribution < 1.29 is 9.59 Å². The Morgan fingerprint density at radius 1 is 1.07 bits per heavy atom. The first kappa shape index (κ1) is 20.7. The van der Waals surface area contributed by atoms with Crippen LogP contribution < -0.4 is 10.6 Å². The van der Waals surface area contributed by atoms with E-state index in [1.165, 1.54) is 19.3 Å². The maximum absolute atomic E-state index is 13.1. The number of fused-ring (bicyclic) bond motifs is 5. The summed E-state index contributed by atoms with van der Waals surface area (Å²) >= 11 is 3.63. The van der Waals surface area contributed by atoms with Crippen molar-refractivity contribution in [3.05, 3.63) is 0 Å². The molecule has 5 heteroatoms. The van der Waals surface area contributed by atoms with Gasteiger partial charge < -0.3 is 10.6 Å². The highest BCUT2D eigenvalue weighted by atomic mass is 79.9. The van der Waals surface area contributed by atoms with Crippen LogP contribution in [-0.2, 0) is 9.59 Å². The standard InChI is InChI=1S/C23H37BrN2O2/c1-21(2,3)26-19(27)16-8-7-14-13-6-9-18-23(5,12-17(24)20(28)25-18)15(13)10-11-22(14,16)4/h13-18H,6-12H2,1-5H3,(H,25,28)(H,26,27)/t13-,14-,15-,16+,17+,18+,22-,23+/m0/s1. The van der Waals surface area contributed by atoms with Crippen molar-refractivity contribution in [1.82, 2.24) is 10.6 Å². The van der Waals surface area contributed by atoms with Gasteiger partial charge in [-0.1, -0.05) is 29.8 Å². The molecule has 4 nitrogen and oxygen atoms in total. The zero-order chi connectivity index (χ0) is 20.5. The normalized spacial score (nSPS) is 48.1. The molecule has 4 aliphatic rings. The number of amides is 2. The van der Waals surface area contributed by atoms with E-state index in [1.54, 1.807) is 0 Å². The molecule has 0 aromatic heterocycles. The number of rotatable bonds is 1. The molecule has 1 heterocycles. The Labute approximate surface area is 178 Å². The maximum Gasteiger partial charge on any atom is 0.234 e. The lowest BCUT2D eigenvalue weighted by atomic mass is 9.47. The average molecular weight is 453 g/mol.